The molecular weight excluding hydrogens is 1040 g/mol. The van der Waals surface area contributed by atoms with Gasteiger partial charge in [-0.2, -0.15) is 0 Å². The number of hydrogen-bond acceptors (Lipinski definition) is 2. The standard InChI is InChI=1S/C81H57BN4/c1-53(2)60-47-79-81-80(48-60)86(74-44-42-59(55-27-11-4-12-28-55)46-66(74)57-31-15-6-16-32-57)78-50-68-64-38-22-24-40-72(64)84(62-35-19-8-20-36-62)76(68)52-70(78)82(81)69-51-75-67(63-37-21-23-39-71(63)83(75)61-33-17-7-18-34-61)49-77(69)85(79)73-43-41-58(54-25-9-3-10-26-54)45-65(73)56-29-13-5-14-30-56/h3-53H,1-2H3. The number of rotatable bonds is 9. The van der Waals surface area contributed by atoms with Crippen LogP contribution in [0, 0.1) is 0 Å². The van der Waals surface area contributed by atoms with Crippen LogP contribution in [0.2, 0.25) is 0 Å². The summed E-state index contributed by atoms with van der Waals surface area (Å²) in [5, 5.41) is 4.86. The highest BCUT2D eigenvalue weighted by Gasteiger charge is 2.45. The number of para-hydroxylation sites is 4. The van der Waals surface area contributed by atoms with Gasteiger partial charge in [0.15, 0.2) is 0 Å². The fourth-order valence-electron chi connectivity index (χ4n) is 14.3. The van der Waals surface area contributed by atoms with Crippen molar-refractivity contribution in [3.63, 3.8) is 0 Å². The first kappa shape index (κ1) is 49.7. The van der Waals surface area contributed by atoms with Crippen molar-refractivity contribution >= 4 is 101 Å². The molecule has 2 aromatic heterocycles. The molecule has 0 N–H and O–H groups in total. The summed E-state index contributed by atoms with van der Waals surface area (Å²) < 4.78 is 4.98. The van der Waals surface area contributed by atoms with Crippen molar-refractivity contribution in [2.75, 3.05) is 9.80 Å². The van der Waals surface area contributed by atoms with Crippen molar-refractivity contribution in [1.82, 2.24) is 9.13 Å². The van der Waals surface area contributed by atoms with E-state index in [1.54, 1.807) is 0 Å². The quantitative estimate of drug-likeness (QED) is 0.134. The van der Waals surface area contributed by atoms with E-state index in [1.165, 1.54) is 111 Å². The van der Waals surface area contributed by atoms with Crippen molar-refractivity contribution in [2.45, 2.75) is 19.8 Å². The Labute approximate surface area is 501 Å². The molecule has 86 heavy (non-hydrogen) atoms. The summed E-state index contributed by atoms with van der Waals surface area (Å²) in [5.74, 6) is 0.197. The molecule has 2 aliphatic heterocycles. The van der Waals surface area contributed by atoms with Crippen molar-refractivity contribution in [1.29, 1.82) is 0 Å². The zero-order valence-electron chi connectivity index (χ0n) is 47.8. The van der Waals surface area contributed by atoms with Crippen molar-refractivity contribution in [3.05, 3.63) is 309 Å². The lowest BCUT2D eigenvalue weighted by molar-refractivity contribution is 0.866. The van der Waals surface area contributed by atoms with Crippen LogP contribution in [0.4, 0.5) is 34.1 Å². The first-order valence-electron chi connectivity index (χ1n) is 30.1. The van der Waals surface area contributed by atoms with Gasteiger partial charge in [-0.1, -0.05) is 220 Å². The van der Waals surface area contributed by atoms with Crippen LogP contribution < -0.4 is 26.2 Å². The predicted octanol–water partition coefficient (Wildman–Crippen LogP) is 19.8. The predicted molar refractivity (Wildman–Crippen MR) is 365 cm³/mol. The minimum Gasteiger partial charge on any atom is -0.311 e. The second kappa shape index (κ2) is 19.9. The smallest absolute Gasteiger partial charge is 0.252 e. The molecule has 0 unspecified atom stereocenters. The van der Waals surface area contributed by atoms with Gasteiger partial charge in [0, 0.05) is 66.8 Å². The molecule has 0 spiro atoms. The number of aromatic nitrogens is 2. The van der Waals surface area contributed by atoms with Gasteiger partial charge in [0.05, 0.1) is 33.4 Å². The molecule has 4 nitrogen and oxygen atoms in total. The van der Waals surface area contributed by atoms with Crippen LogP contribution in [0.3, 0.4) is 0 Å². The Balaban J connectivity index is 1.05. The van der Waals surface area contributed by atoms with Crippen LogP contribution >= 0.6 is 0 Å². The summed E-state index contributed by atoms with van der Waals surface area (Å²) in [5.41, 5.74) is 28.3. The topological polar surface area (TPSA) is 16.3 Å². The second-order valence-electron chi connectivity index (χ2n) is 23.4. The molecular formula is C81H57BN4. The summed E-state index contributed by atoms with van der Waals surface area (Å²) in [6, 6.07) is 113. The lowest BCUT2D eigenvalue weighted by Gasteiger charge is -2.45. The van der Waals surface area contributed by atoms with Crippen LogP contribution in [-0.4, -0.2) is 15.8 Å². The number of benzene rings is 13. The molecule has 17 rings (SSSR count). The lowest BCUT2D eigenvalue weighted by atomic mass is 9.33. The molecule has 0 atom stereocenters. The van der Waals surface area contributed by atoms with Gasteiger partial charge < -0.3 is 18.9 Å². The lowest BCUT2D eigenvalue weighted by Crippen LogP contribution is -2.61. The van der Waals surface area contributed by atoms with Gasteiger partial charge in [-0.3, -0.25) is 0 Å². The van der Waals surface area contributed by atoms with E-state index in [-0.39, 0.29) is 12.6 Å². The van der Waals surface area contributed by atoms with Gasteiger partial charge in [0.2, 0.25) is 0 Å². The summed E-state index contributed by atoms with van der Waals surface area (Å²) >= 11 is 0. The maximum Gasteiger partial charge on any atom is 0.252 e. The van der Waals surface area contributed by atoms with Gasteiger partial charge in [0.1, 0.15) is 0 Å². The SMILES string of the molecule is CC(C)c1cc2c3c(c1)N(c1ccc(-c4ccccc4)cc1-c1ccccc1)c1cc4c5ccccc5n(-c5ccccc5)c4cc1B3c1cc3c(cc1N2c1ccc(-c2ccccc2)cc1-c1ccccc1)c1ccccc1n3-c1ccccc1. The molecule has 4 heterocycles. The Bertz CT molecular complexity index is 4810. The molecule has 0 aliphatic carbocycles. The van der Waals surface area contributed by atoms with Crippen LogP contribution in [0.1, 0.15) is 25.3 Å². The minimum absolute atomic E-state index is 0.197. The minimum atomic E-state index is -0.204. The monoisotopic (exact) mass is 1100 g/mol. The molecule has 0 fully saturated rings. The van der Waals surface area contributed by atoms with E-state index in [4.69, 9.17) is 0 Å². The third-order valence-corrected chi connectivity index (χ3v) is 18.2. The molecule has 0 saturated heterocycles. The Morgan fingerprint density at radius 2 is 0.628 bits per heavy atom. The van der Waals surface area contributed by atoms with Gasteiger partial charge >= 0.3 is 0 Å². The molecule has 0 amide bonds. The van der Waals surface area contributed by atoms with Gasteiger partial charge in [-0.15, -0.1) is 0 Å². The molecule has 0 bridgehead atoms. The molecule has 13 aromatic carbocycles. The molecule has 0 radical (unpaired) electrons. The fraction of sp³-hybridized carbons (Fsp3) is 0.0370. The maximum absolute atomic E-state index is 2.65. The largest absolute Gasteiger partial charge is 0.311 e. The van der Waals surface area contributed by atoms with E-state index < -0.39 is 0 Å². The van der Waals surface area contributed by atoms with E-state index in [1.807, 2.05) is 0 Å². The van der Waals surface area contributed by atoms with Crippen LogP contribution in [0.15, 0.2) is 303 Å². The van der Waals surface area contributed by atoms with Crippen LogP contribution in [0.5, 0.6) is 0 Å². The van der Waals surface area contributed by atoms with Crippen molar-refractivity contribution in [2.24, 2.45) is 0 Å². The molecule has 0 saturated carbocycles. The third-order valence-electron chi connectivity index (χ3n) is 18.2. The first-order valence-corrected chi connectivity index (χ1v) is 30.1. The Kier molecular flexibility index (Phi) is 11.5. The van der Waals surface area contributed by atoms with Crippen LogP contribution in [-0.2, 0) is 0 Å². The molecule has 5 heteroatoms. The highest BCUT2D eigenvalue weighted by atomic mass is 15.2. The number of hydrogen-bond donors (Lipinski definition) is 0. The summed E-state index contributed by atoms with van der Waals surface area (Å²) in [7, 11) is 0. The first-order chi connectivity index (χ1) is 42.5. The van der Waals surface area contributed by atoms with E-state index >= 15 is 0 Å². The number of nitrogens with zero attached hydrogens (tertiary/aromatic N) is 4. The number of fused-ring (bicyclic) bond motifs is 10. The van der Waals surface area contributed by atoms with E-state index in [0.29, 0.717) is 0 Å². The summed E-state index contributed by atoms with van der Waals surface area (Å²) in [6.07, 6.45) is 0. The van der Waals surface area contributed by atoms with Gasteiger partial charge in [-0.25, -0.2) is 0 Å². The molecule has 15 aromatic rings. The average Bonchev–Trinajstić information content (AvgIpc) is 1.08. The zero-order chi connectivity index (χ0) is 57.0. The Morgan fingerprint density at radius 3 is 1.02 bits per heavy atom. The zero-order valence-corrected chi connectivity index (χ0v) is 47.8. The summed E-state index contributed by atoms with van der Waals surface area (Å²) in [4.78, 5) is 5.31. The maximum atomic E-state index is 2.65. The van der Waals surface area contributed by atoms with Crippen LogP contribution in [0.25, 0.3) is 99.5 Å². The van der Waals surface area contributed by atoms with Crippen molar-refractivity contribution < 1.29 is 0 Å². The molecule has 2 aliphatic rings. The van der Waals surface area contributed by atoms with Crippen molar-refractivity contribution in [3.8, 4) is 55.9 Å². The van der Waals surface area contributed by atoms with E-state index in [9.17, 15) is 0 Å². The fourth-order valence-corrected chi connectivity index (χ4v) is 14.3. The highest BCUT2D eigenvalue weighted by molar-refractivity contribution is 7.00. The van der Waals surface area contributed by atoms with Gasteiger partial charge in [0.25, 0.3) is 6.71 Å². The highest BCUT2D eigenvalue weighted by Crippen LogP contribution is 2.52. The normalized spacial score (nSPS) is 12.6. The third kappa shape index (κ3) is 7.78. The number of anilines is 6. The van der Waals surface area contributed by atoms with E-state index in [0.717, 1.165) is 45.0 Å². The second-order valence-corrected chi connectivity index (χ2v) is 23.4. The average molecular weight is 1100 g/mol. The summed E-state index contributed by atoms with van der Waals surface area (Å²) in [6.45, 7) is 4.50. The Morgan fingerprint density at radius 1 is 0.267 bits per heavy atom. The van der Waals surface area contributed by atoms with E-state index in [2.05, 4.69) is 336 Å². The molecule has 404 valence electrons. The Hall–Kier alpha value is -10.9. The van der Waals surface area contributed by atoms with Gasteiger partial charge in [-0.05, 0) is 158 Å².